The van der Waals surface area contributed by atoms with Crippen LogP contribution in [0.4, 0.5) is 10.1 Å². The Balaban J connectivity index is 1.61. The van der Waals surface area contributed by atoms with Crippen molar-refractivity contribution in [1.29, 1.82) is 0 Å². The van der Waals surface area contributed by atoms with Gasteiger partial charge in [-0.1, -0.05) is 24.6 Å². The molecule has 0 radical (unpaired) electrons. The number of pyridine rings is 2. The normalized spacial score (nSPS) is 13.8. The second kappa shape index (κ2) is 8.49. The Morgan fingerprint density at radius 3 is 2.71 bits per heavy atom. The molecular weight excluding hydrogens is 431 g/mol. The zero-order valence-electron chi connectivity index (χ0n) is 18.3. The van der Waals surface area contributed by atoms with E-state index >= 15 is 4.39 Å². The van der Waals surface area contributed by atoms with Crippen molar-refractivity contribution >= 4 is 33.3 Å². The van der Waals surface area contributed by atoms with E-state index in [2.05, 4.69) is 27.4 Å². The number of rotatable bonds is 3. The van der Waals surface area contributed by atoms with E-state index in [-0.39, 0.29) is 22.9 Å². The molecule has 1 aliphatic rings. The molecule has 0 aliphatic carbocycles. The van der Waals surface area contributed by atoms with Gasteiger partial charge >= 0.3 is 0 Å². The summed E-state index contributed by atoms with van der Waals surface area (Å²) in [5.41, 5.74) is 2.05. The van der Waals surface area contributed by atoms with E-state index in [1.165, 1.54) is 12.1 Å². The molecule has 2 aromatic carbocycles. The van der Waals surface area contributed by atoms with E-state index in [0.29, 0.717) is 53.5 Å². The lowest BCUT2D eigenvalue weighted by atomic mass is 9.96. The molecule has 2 aromatic heterocycles. The van der Waals surface area contributed by atoms with E-state index in [1.54, 1.807) is 35.5 Å². The van der Waals surface area contributed by atoms with Crippen LogP contribution in [0.5, 0.6) is 5.75 Å². The molecule has 1 fully saturated rings. The van der Waals surface area contributed by atoms with Gasteiger partial charge in [0.2, 0.25) is 5.91 Å². The second-order valence-electron chi connectivity index (χ2n) is 8.07. The Bertz CT molecular complexity index is 1500. The van der Waals surface area contributed by atoms with Gasteiger partial charge in [-0.05, 0) is 35.7 Å². The van der Waals surface area contributed by atoms with Gasteiger partial charge in [0, 0.05) is 66.2 Å². The summed E-state index contributed by atoms with van der Waals surface area (Å²) < 4.78 is 15.9. The molecule has 0 saturated carbocycles. The largest absolute Gasteiger partial charge is 0.508 e. The number of hydrogen-bond donors (Lipinski definition) is 1. The number of piperazine rings is 1. The predicted molar refractivity (Wildman–Crippen MR) is 131 cm³/mol. The van der Waals surface area contributed by atoms with Gasteiger partial charge in [-0.3, -0.25) is 14.8 Å². The maximum absolute atomic E-state index is 15.9. The topological polar surface area (TPSA) is 69.6 Å². The van der Waals surface area contributed by atoms with Crippen LogP contribution < -0.4 is 4.90 Å². The summed E-state index contributed by atoms with van der Waals surface area (Å²) >= 11 is 0. The summed E-state index contributed by atoms with van der Waals surface area (Å²) in [4.78, 5) is 24.5. The lowest BCUT2D eigenvalue weighted by Crippen LogP contribution is -2.48. The Morgan fingerprint density at radius 1 is 1.18 bits per heavy atom. The molecule has 1 saturated heterocycles. The minimum Gasteiger partial charge on any atom is -0.508 e. The third-order valence-corrected chi connectivity index (χ3v) is 6.18. The number of carbonyl (C=O) groups excluding carboxylic acids is 1. The highest BCUT2D eigenvalue weighted by Gasteiger charge is 2.23. The van der Waals surface area contributed by atoms with Crippen molar-refractivity contribution < 1.29 is 14.3 Å². The smallest absolute Gasteiger partial charge is 0.246 e. The van der Waals surface area contributed by atoms with Crippen LogP contribution in [-0.4, -0.2) is 52.1 Å². The van der Waals surface area contributed by atoms with Crippen molar-refractivity contribution in [3.63, 3.8) is 0 Å². The predicted octanol–water partition coefficient (Wildman–Crippen LogP) is 4.11. The maximum atomic E-state index is 15.9. The minimum atomic E-state index is -0.585. The number of phenols is 1. The van der Waals surface area contributed by atoms with Gasteiger partial charge in [0.15, 0.2) is 5.82 Å². The van der Waals surface area contributed by atoms with Gasteiger partial charge in [-0.25, -0.2) is 4.39 Å². The van der Waals surface area contributed by atoms with Gasteiger partial charge in [0.05, 0.1) is 0 Å². The third-order valence-electron chi connectivity index (χ3n) is 6.18. The zero-order chi connectivity index (χ0) is 23.8. The van der Waals surface area contributed by atoms with Crippen molar-refractivity contribution in [2.24, 2.45) is 0 Å². The minimum absolute atomic E-state index is 0.00776. The van der Waals surface area contributed by atoms with Crippen LogP contribution in [-0.2, 0) is 4.79 Å². The molecule has 5 rings (SSSR count). The summed E-state index contributed by atoms with van der Waals surface area (Å²) in [7, 11) is 0. The number of terminal acetylenes is 1. The van der Waals surface area contributed by atoms with Gasteiger partial charge in [-0.2, -0.15) is 0 Å². The zero-order valence-corrected chi connectivity index (χ0v) is 18.3. The standard InChI is InChI=1S/C27H21FN4O2/c1-3-17-6-5-7-18-14-19(33)15-20(24(17)18)26-25(28)27-21(16-30-26)22(8-9-29-27)31-10-12-32(13-11-31)23(34)4-2/h1,4-9,14-16,33H,2,10-13H2. The fourth-order valence-corrected chi connectivity index (χ4v) is 4.54. The van der Waals surface area contributed by atoms with Crippen LogP contribution in [0.25, 0.3) is 32.9 Å². The van der Waals surface area contributed by atoms with Crippen LogP contribution in [0.15, 0.2) is 61.4 Å². The number of hydrogen-bond acceptors (Lipinski definition) is 5. The molecule has 34 heavy (non-hydrogen) atoms. The van der Waals surface area contributed by atoms with E-state index in [4.69, 9.17) is 6.42 Å². The average Bonchev–Trinajstić information content (AvgIpc) is 2.87. The first kappa shape index (κ1) is 21.4. The Morgan fingerprint density at radius 2 is 1.97 bits per heavy atom. The number of aromatic hydroxyl groups is 1. The summed E-state index contributed by atoms with van der Waals surface area (Å²) in [6, 6.07) is 10.3. The Kier molecular flexibility index (Phi) is 5.34. The summed E-state index contributed by atoms with van der Waals surface area (Å²) in [6.45, 7) is 5.84. The van der Waals surface area contributed by atoms with E-state index in [9.17, 15) is 9.90 Å². The highest BCUT2D eigenvalue weighted by molar-refractivity contribution is 6.03. The quantitative estimate of drug-likeness (QED) is 0.374. The molecule has 6 nitrogen and oxygen atoms in total. The van der Waals surface area contributed by atoms with Gasteiger partial charge in [-0.15, -0.1) is 6.42 Å². The first-order valence-electron chi connectivity index (χ1n) is 10.8. The monoisotopic (exact) mass is 452 g/mol. The number of fused-ring (bicyclic) bond motifs is 2. The van der Waals surface area contributed by atoms with Crippen LogP contribution in [0, 0.1) is 18.2 Å². The number of benzene rings is 2. The molecular formula is C27H21FN4O2. The summed E-state index contributed by atoms with van der Waals surface area (Å²) in [5, 5.41) is 12.2. The molecule has 168 valence electrons. The Labute approximate surface area is 196 Å². The SMILES string of the molecule is C#Cc1cccc2cc(O)cc(-c3ncc4c(N5CCN(C(=O)C=C)CC5)ccnc4c3F)c12. The van der Waals surface area contributed by atoms with E-state index < -0.39 is 5.82 Å². The fourth-order valence-electron chi connectivity index (χ4n) is 4.54. The summed E-state index contributed by atoms with van der Waals surface area (Å²) in [5.74, 6) is 1.95. The average molecular weight is 452 g/mol. The third kappa shape index (κ3) is 3.50. The van der Waals surface area contributed by atoms with Crippen LogP contribution in [0.3, 0.4) is 0 Å². The molecule has 0 spiro atoms. The van der Waals surface area contributed by atoms with Crippen molar-refractivity contribution in [3.05, 3.63) is 72.8 Å². The molecule has 0 unspecified atom stereocenters. The van der Waals surface area contributed by atoms with Crippen molar-refractivity contribution in [2.75, 3.05) is 31.1 Å². The first-order valence-corrected chi connectivity index (χ1v) is 10.8. The van der Waals surface area contributed by atoms with Gasteiger partial charge in [0.25, 0.3) is 0 Å². The molecule has 1 amide bonds. The first-order chi connectivity index (χ1) is 16.5. The van der Waals surface area contributed by atoms with Crippen LogP contribution in [0.1, 0.15) is 5.56 Å². The molecule has 0 bridgehead atoms. The van der Waals surface area contributed by atoms with Gasteiger partial charge in [0.1, 0.15) is 17.0 Å². The highest BCUT2D eigenvalue weighted by Crippen LogP contribution is 2.37. The highest BCUT2D eigenvalue weighted by atomic mass is 19.1. The number of carbonyl (C=O) groups is 1. The lowest BCUT2D eigenvalue weighted by Gasteiger charge is -2.36. The maximum Gasteiger partial charge on any atom is 0.246 e. The molecule has 1 aliphatic heterocycles. The fraction of sp³-hybridized carbons (Fsp3) is 0.148. The molecule has 0 atom stereocenters. The number of aromatic nitrogens is 2. The number of amides is 1. The van der Waals surface area contributed by atoms with E-state index in [0.717, 1.165) is 5.69 Å². The number of anilines is 1. The van der Waals surface area contributed by atoms with E-state index in [1.807, 2.05) is 12.1 Å². The van der Waals surface area contributed by atoms with Crippen molar-refractivity contribution in [1.82, 2.24) is 14.9 Å². The molecule has 1 N–H and O–H groups in total. The van der Waals surface area contributed by atoms with Crippen molar-refractivity contribution in [2.45, 2.75) is 0 Å². The second-order valence-corrected chi connectivity index (χ2v) is 8.07. The van der Waals surface area contributed by atoms with Crippen LogP contribution in [0.2, 0.25) is 0 Å². The van der Waals surface area contributed by atoms with Crippen molar-refractivity contribution in [3.8, 4) is 29.4 Å². The Hall–Kier alpha value is -4.44. The summed E-state index contributed by atoms with van der Waals surface area (Å²) in [6.07, 6.45) is 10.2. The number of phenolic OH excluding ortho intramolecular Hbond substituents is 1. The van der Waals surface area contributed by atoms with Crippen LogP contribution >= 0.6 is 0 Å². The number of nitrogens with zero attached hydrogens (tertiary/aromatic N) is 4. The van der Waals surface area contributed by atoms with Gasteiger partial charge < -0.3 is 14.9 Å². The lowest BCUT2D eigenvalue weighted by molar-refractivity contribution is -0.126. The molecule has 7 heteroatoms. The molecule has 4 aromatic rings. The number of halogens is 1. The molecule has 3 heterocycles.